The van der Waals surface area contributed by atoms with Gasteiger partial charge in [-0.25, -0.2) is 0 Å². The number of methoxy groups -OCH3 is 1. The number of rotatable bonds is 7. The predicted molar refractivity (Wildman–Crippen MR) is 88.7 cm³/mol. The summed E-state index contributed by atoms with van der Waals surface area (Å²) in [4.78, 5) is 23.9. The fourth-order valence-electron chi connectivity index (χ4n) is 2.48. The Morgan fingerprint density at radius 3 is 2.72 bits per heavy atom. The average Bonchev–Trinajstić information content (AvgIpc) is 2.62. The quantitative estimate of drug-likeness (QED) is 0.736. The zero-order valence-electron chi connectivity index (χ0n) is 14.0. The number of carbonyl (C=O) groups is 1. The van der Waals surface area contributed by atoms with Crippen molar-refractivity contribution in [2.45, 2.75) is 25.9 Å². The van der Waals surface area contributed by atoms with Gasteiger partial charge < -0.3 is 24.1 Å². The Balaban J connectivity index is 2.56. The zero-order valence-corrected chi connectivity index (χ0v) is 14.0. The molecule has 0 saturated heterocycles. The van der Waals surface area contributed by atoms with Gasteiger partial charge in [-0.3, -0.25) is 9.59 Å². The van der Waals surface area contributed by atoms with Crippen LogP contribution in [-0.4, -0.2) is 29.9 Å². The lowest BCUT2D eigenvalue weighted by atomic mass is 9.92. The molecule has 0 aliphatic carbocycles. The SMILES string of the molecule is CCOC(=O)C[C@@H](c1cccc(OC)c1)c1oc(CO)cc(=O)c1O. The molecule has 2 rings (SSSR count). The molecule has 1 aromatic carbocycles. The summed E-state index contributed by atoms with van der Waals surface area (Å²) < 4.78 is 15.6. The van der Waals surface area contributed by atoms with E-state index in [1.807, 2.05) is 0 Å². The van der Waals surface area contributed by atoms with Crippen LogP contribution in [0.4, 0.5) is 0 Å². The molecule has 2 N–H and O–H groups in total. The summed E-state index contributed by atoms with van der Waals surface area (Å²) in [5, 5.41) is 19.4. The summed E-state index contributed by atoms with van der Waals surface area (Å²) in [6.07, 6.45) is -0.146. The fourth-order valence-corrected chi connectivity index (χ4v) is 2.48. The van der Waals surface area contributed by atoms with Gasteiger partial charge in [0, 0.05) is 6.07 Å². The van der Waals surface area contributed by atoms with Crippen molar-refractivity contribution in [3.63, 3.8) is 0 Å². The van der Waals surface area contributed by atoms with Crippen LogP contribution in [0.5, 0.6) is 11.5 Å². The van der Waals surface area contributed by atoms with Gasteiger partial charge in [0.1, 0.15) is 18.1 Å². The minimum absolute atomic E-state index is 0.00504. The van der Waals surface area contributed by atoms with E-state index in [1.54, 1.807) is 31.2 Å². The van der Waals surface area contributed by atoms with Crippen molar-refractivity contribution < 1.29 is 28.9 Å². The van der Waals surface area contributed by atoms with E-state index in [1.165, 1.54) is 7.11 Å². The smallest absolute Gasteiger partial charge is 0.306 e. The summed E-state index contributed by atoms with van der Waals surface area (Å²) in [5.74, 6) is -1.44. The third-order valence-corrected chi connectivity index (χ3v) is 3.64. The Bertz CT molecular complexity index is 794. The van der Waals surface area contributed by atoms with Gasteiger partial charge in [0.2, 0.25) is 11.2 Å². The second kappa shape index (κ2) is 8.34. The number of carbonyl (C=O) groups excluding carboxylic acids is 1. The third-order valence-electron chi connectivity index (χ3n) is 3.64. The van der Waals surface area contributed by atoms with E-state index in [0.717, 1.165) is 6.07 Å². The van der Waals surface area contributed by atoms with Gasteiger partial charge in [0.05, 0.1) is 26.1 Å². The summed E-state index contributed by atoms with van der Waals surface area (Å²) >= 11 is 0. The second-order valence-corrected chi connectivity index (χ2v) is 5.29. The first-order valence-corrected chi connectivity index (χ1v) is 7.76. The first-order valence-electron chi connectivity index (χ1n) is 7.76. The lowest BCUT2D eigenvalue weighted by Crippen LogP contribution is -2.15. The van der Waals surface area contributed by atoms with Crippen molar-refractivity contribution in [2.24, 2.45) is 0 Å². The van der Waals surface area contributed by atoms with Crippen LogP contribution in [0.15, 0.2) is 39.5 Å². The molecular weight excluding hydrogens is 328 g/mol. The average molecular weight is 348 g/mol. The molecule has 0 unspecified atom stereocenters. The first kappa shape index (κ1) is 18.5. The number of hydrogen-bond donors (Lipinski definition) is 2. The van der Waals surface area contributed by atoms with Crippen molar-refractivity contribution in [1.82, 2.24) is 0 Å². The number of aliphatic hydroxyl groups excluding tert-OH is 1. The van der Waals surface area contributed by atoms with Gasteiger partial charge in [-0.15, -0.1) is 0 Å². The van der Waals surface area contributed by atoms with E-state index in [-0.39, 0.29) is 24.5 Å². The topological polar surface area (TPSA) is 106 Å². The summed E-state index contributed by atoms with van der Waals surface area (Å²) in [6, 6.07) is 7.85. The molecule has 25 heavy (non-hydrogen) atoms. The van der Waals surface area contributed by atoms with E-state index in [2.05, 4.69) is 0 Å². The Hall–Kier alpha value is -2.80. The standard InChI is InChI=1S/C18H20O7/c1-3-24-16(21)9-14(11-5-4-6-12(7-11)23-2)18-17(22)15(20)8-13(10-19)25-18/h4-8,14,19,22H,3,9-10H2,1-2H3/t14-/m0/s1. The minimum atomic E-state index is -0.770. The van der Waals surface area contributed by atoms with E-state index < -0.39 is 29.7 Å². The van der Waals surface area contributed by atoms with Gasteiger partial charge in [-0.05, 0) is 24.6 Å². The van der Waals surface area contributed by atoms with Gasteiger partial charge in [-0.2, -0.15) is 0 Å². The Morgan fingerprint density at radius 1 is 1.32 bits per heavy atom. The number of ether oxygens (including phenoxy) is 2. The maximum absolute atomic E-state index is 12.0. The number of aromatic hydroxyl groups is 1. The number of esters is 1. The minimum Gasteiger partial charge on any atom is -0.502 e. The lowest BCUT2D eigenvalue weighted by Gasteiger charge is -2.18. The van der Waals surface area contributed by atoms with Crippen LogP contribution in [0, 0.1) is 0 Å². The molecule has 7 nitrogen and oxygen atoms in total. The molecule has 0 spiro atoms. The van der Waals surface area contributed by atoms with Crippen molar-refractivity contribution in [1.29, 1.82) is 0 Å². The van der Waals surface area contributed by atoms with E-state index >= 15 is 0 Å². The van der Waals surface area contributed by atoms with Crippen LogP contribution >= 0.6 is 0 Å². The third kappa shape index (κ3) is 4.39. The van der Waals surface area contributed by atoms with Crippen LogP contribution in [0.1, 0.15) is 36.3 Å². The second-order valence-electron chi connectivity index (χ2n) is 5.29. The van der Waals surface area contributed by atoms with E-state index in [9.17, 15) is 19.8 Å². The van der Waals surface area contributed by atoms with Crippen LogP contribution in [0.25, 0.3) is 0 Å². The van der Waals surface area contributed by atoms with Crippen molar-refractivity contribution >= 4 is 5.97 Å². The van der Waals surface area contributed by atoms with Crippen molar-refractivity contribution in [2.75, 3.05) is 13.7 Å². The zero-order chi connectivity index (χ0) is 18.4. The van der Waals surface area contributed by atoms with Gasteiger partial charge in [0.25, 0.3) is 0 Å². The van der Waals surface area contributed by atoms with Crippen molar-refractivity contribution in [3.8, 4) is 11.5 Å². The highest BCUT2D eigenvalue weighted by molar-refractivity contribution is 5.71. The summed E-state index contributed by atoms with van der Waals surface area (Å²) in [6.45, 7) is 1.38. The van der Waals surface area contributed by atoms with Crippen LogP contribution in [0.3, 0.4) is 0 Å². The number of hydrogen-bond acceptors (Lipinski definition) is 7. The molecule has 2 aromatic rings. The highest BCUT2D eigenvalue weighted by atomic mass is 16.5. The Kier molecular flexibility index (Phi) is 6.19. The maximum atomic E-state index is 12.0. The maximum Gasteiger partial charge on any atom is 0.306 e. The summed E-state index contributed by atoms with van der Waals surface area (Å²) in [7, 11) is 1.50. The first-order chi connectivity index (χ1) is 12.0. The van der Waals surface area contributed by atoms with Gasteiger partial charge in [-0.1, -0.05) is 12.1 Å². The van der Waals surface area contributed by atoms with Crippen LogP contribution in [-0.2, 0) is 16.1 Å². The normalized spacial score (nSPS) is 11.8. The molecule has 1 aromatic heterocycles. The van der Waals surface area contributed by atoms with Gasteiger partial charge >= 0.3 is 5.97 Å². The van der Waals surface area contributed by atoms with Crippen molar-refractivity contribution in [3.05, 3.63) is 57.6 Å². The largest absolute Gasteiger partial charge is 0.502 e. The number of aliphatic hydroxyl groups is 1. The molecule has 0 aliphatic rings. The molecule has 7 heteroatoms. The van der Waals surface area contributed by atoms with Crippen LogP contribution < -0.4 is 10.2 Å². The summed E-state index contributed by atoms with van der Waals surface area (Å²) in [5.41, 5.74) is -0.0944. The fraction of sp³-hybridized carbons (Fsp3) is 0.333. The molecule has 0 bridgehead atoms. The highest BCUT2D eigenvalue weighted by Crippen LogP contribution is 2.34. The molecule has 0 saturated carbocycles. The number of benzene rings is 1. The Labute approximate surface area is 144 Å². The van der Waals surface area contributed by atoms with Gasteiger partial charge in [0.15, 0.2) is 5.76 Å². The molecule has 1 heterocycles. The highest BCUT2D eigenvalue weighted by Gasteiger charge is 2.27. The van der Waals surface area contributed by atoms with Crippen LogP contribution in [0.2, 0.25) is 0 Å². The Morgan fingerprint density at radius 2 is 2.08 bits per heavy atom. The molecule has 0 aliphatic heterocycles. The lowest BCUT2D eigenvalue weighted by molar-refractivity contribution is -0.143. The predicted octanol–water partition coefficient (Wildman–Crippen LogP) is 1.93. The molecule has 0 fully saturated rings. The monoisotopic (exact) mass is 348 g/mol. The van der Waals surface area contributed by atoms with E-state index in [4.69, 9.17) is 13.9 Å². The molecule has 1 atom stereocenters. The van der Waals surface area contributed by atoms with E-state index in [0.29, 0.717) is 11.3 Å². The molecule has 134 valence electrons. The molecule has 0 amide bonds. The molecule has 0 radical (unpaired) electrons. The molecular formula is C18H20O7.